The molecule has 1 aromatic heterocycles. The van der Waals surface area contributed by atoms with E-state index in [1.54, 1.807) is 0 Å². The van der Waals surface area contributed by atoms with E-state index >= 15 is 0 Å². The highest BCUT2D eigenvalue weighted by Gasteiger charge is 2.47. The zero-order valence-electron chi connectivity index (χ0n) is 22.5. The van der Waals surface area contributed by atoms with Gasteiger partial charge in [-0.3, -0.25) is 0 Å². The molecule has 2 aliphatic heterocycles. The second-order valence-corrected chi connectivity index (χ2v) is 10.1. The Bertz CT molecular complexity index is 1450. The monoisotopic (exact) mass is 646 g/mol. The molecule has 2 aliphatic rings. The maximum atomic E-state index is 10.6. The lowest BCUT2D eigenvalue weighted by Crippen LogP contribution is -3.00. The van der Waals surface area contributed by atoms with Gasteiger partial charge in [0.25, 0.3) is 0 Å². The van der Waals surface area contributed by atoms with Gasteiger partial charge in [0.1, 0.15) is 65.7 Å². The number of aliphatic hydroxyl groups is 8. The molecule has 44 heavy (non-hydrogen) atoms. The molecule has 0 amide bonds. The smallest absolute Gasteiger partial charge is 0.402 e. The number of benzene rings is 2. The van der Waals surface area contributed by atoms with Gasteiger partial charge in [0.05, 0.1) is 24.8 Å². The lowest BCUT2D eigenvalue weighted by atomic mass is 9.99. The van der Waals surface area contributed by atoms with Gasteiger partial charge in [-0.05, 0) is 12.1 Å². The van der Waals surface area contributed by atoms with E-state index in [0.717, 1.165) is 18.2 Å². The fourth-order valence-electron chi connectivity index (χ4n) is 4.80. The topological polar surface area (TPSA) is 271 Å². The van der Waals surface area contributed by atoms with Gasteiger partial charge in [0, 0.05) is 18.2 Å². The molecule has 242 valence electrons. The van der Waals surface area contributed by atoms with Crippen LogP contribution in [0.3, 0.4) is 0 Å². The number of halogens is 1. The molecular formula is C27H31ClO16. The van der Waals surface area contributed by atoms with E-state index in [4.69, 9.17) is 23.4 Å². The largest absolute Gasteiger partial charge is 1.00 e. The van der Waals surface area contributed by atoms with Gasteiger partial charge in [-0.1, -0.05) is 0 Å². The molecule has 11 N–H and O–H groups in total. The molecule has 0 aliphatic carbocycles. The number of rotatable bonds is 7. The maximum absolute atomic E-state index is 10.6. The van der Waals surface area contributed by atoms with Crippen LogP contribution in [0.1, 0.15) is 0 Å². The number of phenolic OH excluding ortho intramolecular Hbond substituents is 3. The minimum Gasteiger partial charge on any atom is -1.00 e. The van der Waals surface area contributed by atoms with Gasteiger partial charge < -0.3 is 87.5 Å². The molecule has 3 aromatic rings. The van der Waals surface area contributed by atoms with Gasteiger partial charge in [-0.2, -0.15) is 0 Å². The minimum atomic E-state index is -1.82. The van der Waals surface area contributed by atoms with Crippen LogP contribution in [0.5, 0.6) is 28.7 Å². The summed E-state index contributed by atoms with van der Waals surface area (Å²) >= 11 is 0. The van der Waals surface area contributed by atoms with Gasteiger partial charge in [0.2, 0.25) is 18.3 Å². The summed E-state index contributed by atoms with van der Waals surface area (Å²) in [5.74, 6) is -1.96. The Morgan fingerprint density at radius 2 is 1.18 bits per heavy atom. The van der Waals surface area contributed by atoms with Crippen molar-refractivity contribution in [2.45, 2.75) is 61.4 Å². The van der Waals surface area contributed by atoms with Crippen molar-refractivity contribution in [3.63, 3.8) is 0 Å². The molecule has 10 atom stereocenters. The zero-order valence-corrected chi connectivity index (χ0v) is 23.2. The van der Waals surface area contributed by atoms with Crippen LogP contribution in [0, 0.1) is 0 Å². The first-order valence-electron chi connectivity index (χ1n) is 13.0. The first-order valence-corrected chi connectivity index (χ1v) is 13.0. The molecule has 0 saturated carbocycles. The van der Waals surface area contributed by atoms with Crippen molar-refractivity contribution in [1.82, 2.24) is 0 Å². The van der Waals surface area contributed by atoms with Crippen molar-refractivity contribution in [3.05, 3.63) is 36.4 Å². The van der Waals surface area contributed by atoms with Crippen LogP contribution in [-0.4, -0.2) is 131 Å². The van der Waals surface area contributed by atoms with E-state index in [0.29, 0.717) is 0 Å². The number of fused-ring (bicyclic) bond motifs is 1. The quantitative estimate of drug-likeness (QED) is 0.0846. The van der Waals surface area contributed by atoms with Crippen LogP contribution in [0.4, 0.5) is 0 Å². The molecule has 5 rings (SSSR count). The van der Waals surface area contributed by atoms with Gasteiger partial charge in [-0.25, -0.2) is 4.42 Å². The third-order valence-electron chi connectivity index (χ3n) is 7.22. The predicted molar refractivity (Wildman–Crippen MR) is 140 cm³/mol. The normalized spacial score (nSPS) is 32.2. The average Bonchev–Trinajstić information content (AvgIpc) is 2.98. The fourth-order valence-corrected chi connectivity index (χ4v) is 4.80. The fraction of sp³-hybridized carbons (Fsp3) is 0.444. The summed E-state index contributed by atoms with van der Waals surface area (Å²) in [6.07, 6.45) is -16.4. The van der Waals surface area contributed by atoms with Crippen LogP contribution in [-0.2, 0) is 9.47 Å². The standard InChI is InChI=1S/C27H30O16.ClH/c28-7-17-19(33)21(35)23(37)26(42-17)40-15-5-10(30)4-14-11(15)6-16(25(39-14)9-1-2-12(31)13(32)3-9)41-27-24(38)22(36)20(34)18(8-29)43-27;/h1-6,17-24,26-29,33-38H,7-8H2,(H2-,30,31,32);1H. The van der Waals surface area contributed by atoms with E-state index in [-0.39, 0.29) is 46.2 Å². The number of ether oxygens (including phenoxy) is 4. The molecule has 17 heteroatoms. The van der Waals surface area contributed by atoms with Crippen molar-refractivity contribution in [3.8, 4) is 40.1 Å². The van der Waals surface area contributed by atoms with E-state index in [1.165, 1.54) is 18.2 Å². The Hall–Kier alpha value is -3.26. The summed E-state index contributed by atoms with van der Waals surface area (Å²) in [5.41, 5.74) is 0.0554. The lowest BCUT2D eigenvalue weighted by molar-refractivity contribution is -0.277. The molecule has 0 bridgehead atoms. The van der Waals surface area contributed by atoms with Crippen LogP contribution < -0.4 is 21.9 Å². The van der Waals surface area contributed by atoms with Crippen molar-refractivity contribution >= 4 is 11.0 Å². The van der Waals surface area contributed by atoms with Crippen molar-refractivity contribution < 1.29 is 91.9 Å². The summed E-state index contributed by atoms with van der Waals surface area (Å²) < 4.78 is 28.4. The van der Waals surface area contributed by atoms with E-state index in [2.05, 4.69) is 0 Å². The Labute approximate surface area is 254 Å². The number of hydrogen-bond donors (Lipinski definition) is 11. The molecule has 0 radical (unpaired) electrons. The molecule has 2 saturated heterocycles. The first-order chi connectivity index (χ1) is 20.4. The lowest BCUT2D eigenvalue weighted by Gasteiger charge is -2.39. The Morgan fingerprint density at radius 3 is 1.70 bits per heavy atom. The number of phenols is 3. The maximum Gasteiger partial charge on any atom is 0.402 e. The van der Waals surface area contributed by atoms with Crippen LogP contribution in [0.25, 0.3) is 22.3 Å². The van der Waals surface area contributed by atoms with Gasteiger partial charge >= 0.3 is 11.3 Å². The highest BCUT2D eigenvalue weighted by atomic mass is 35.5. The first kappa shape index (κ1) is 33.6. The second-order valence-electron chi connectivity index (χ2n) is 10.1. The number of hydrogen-bond acceptors (Lipinski definition) is 15. The Balaban J connectivity index is 0.00000442. The summed E-state index contributed by atoms with van der Waals surface area (Å²) in [7, 11) is 0. The molecule has 0 spiro atoms. The number of aromatic hydroxyl groups is 3. The molecule has 3 heterocycles. The van der Waals surface area contributed by atoms with E-state index in [9.17, 15) is 56.2 Å². The predicted octanol–water partition coefficient (Wildman–Crippen LogP) is -5.14. The van der Waals surface area contributed by atoms with Gasteiger partial charge in [0.15, 0.2) is 11.5 Å². The second kappa shape index (κ2) is 13.4. The zero-order chi connectivity index (χ0) is 31.2. The summed E-state index contributed by atoms with van der Waals surface area (Å²) in [4.78, 5) is 0. The summed E-state index contributed by atoms with van der Waals surface area (Å²) in [6, 6.07) is 7.17. The number of aliphatic hydroxyl groups excluding tert-OH is 8. The van der Waals surface area contributed by atoms with Crippen molar-refractivity contribution in [1.29, 1.82) is 0 Å². The van der Waals surface area contributed by atoms with Crippen LogP contribution in [0.2, 0.25) is 0 Å². The molecule has 10 unspecified atom stereocenters. The van der Waals surface area contributed by atoms with Crippen LogP contribution >= 0.6 is 0 Å². The third kappa shape index (κ3) is 6.28. The highest BCUT2D eigenvalue weighted by molar-refractivity contribution is 5.89. The van der Waals surface area contributed by atoms with Crippen molar-refractivity contribution in [2.24, 2.45) is 0 Å². The minimum absolute atomic E-state index is 0. The van der Waals surface area contributed by atoms with Crippen LogP contribution in [0.15, 0.2) is 40.8 Å². The molecule has 2 aromatic carbocycles. The van der Waals surface area contributed by atoms with Gasteiger partial charge in [-0.15, -0.1) is 0 Å². The Morgan fingerprint density at radius 1 is 0.636 bits per heavy atom. The molecule has 16 nitrogen and oxygen atoms in total. The third-order valence-corrected chi connectivity index (χ3v) is 7.22. The SMILES string of the molecule is OCC1OC(Oc2cc3c(OC4OC(CO)C(O)C(O)C4O)cc(O)cc3[o+]c2-c2ccc(O)c(O)c2)C(O)C(O)C1O.[Cl-]. The van der Waals surface area contributed by atoms with Crippen molar-refractivity contribution in [2.75, 3.05) is 13.2 Å². The molecular weight excluding hydrogens is 616 g/mol. The highest BCUT2D eigenvalue weighted by Crippen LogP contribution is 2.43. The Kier molecular flexibility index (Phi) is 10.2. The average molecular weight is 647 g/mol. The summed E-state index contributed by atoms with van der Waals surface area (Å²) in [5, 5.41) is 111. The van der Waals surface area contributed by atoms with E-state index in [1.807, 2.05) is 0 Å². The summed E-state index contributed by atoms with van der Waals surface area (Å²) in [6.45, 7) is -1.46. The molecule has 2 fully saturated rings. The van der Waals surface area contributed by atoms with E-state index < -0.39 is 91.9 Å².